The summed E-state index contributed by atoms with van der Waals surface area (Å²) in [5, 5.41) is 19.3. The van der Waals surface area contributed by atoms with E-state index in [1.54, 1.807) is 6.08 Å². The Kier molecular flexibility index (Phi) is 42.5. The lowest BCUT2D eigenvalue weighted by atomic mass is 10.0. The van der Waals surface area contributed by atoms with E-state index in [0.29, 0.717) is 25.7 Å². The number of hydrogen-bond acceptors (Lipinski definition) is 11. The van der Waals surface area contributed by atoms with Gasteiger partial charge in [0.1, 0.15) is 12.7 Å². The van der Waals surface area contributed by atoms with Crippen LogP contribution in [0.25, 0.3) is 0 Å². The molecule has 0 aromatic heterocycles. The molecule has 0 heterocycles. The fourth-order valence-corrected chi connectivity index (χ4v) is 7.74. The highest BCUT2D eigenvalue weighted by Gasteiger charge is 2.28. The fourth-order valence-electron chi connectivity index (χ4n) is 6.58. The first-order valence-electron chi connectivity index (χ1n) is 24.9. The summed E-state index contributed by atoms with van der Waals surface area (Å²) in [6.45, 7) is 3.73. The number of ether oxygens (including phenoxy) is 2. The molecule has 0 rings (SSSR count). The number of carbonyl (C=O) groups is 2. The minimum Gasteiger partial charge on any atom is -0.462 e. The van der Waals surface area contributed by atoms with Gasteiger partial charge in [-0.25, -0.2) is 9.13 Å². The van der Waals surface area contributed by atoms with Crippen molar-refractivity contribution in [1.82, 2.24) is 0 Å². The number of phosphoric ester groups is 2. The van der Waals surface area contributed by atoms with Gasteiger partial charge in [-0.15, -0.1) is 0 Å². The Hall–Kier alpha value is -2.22. The second-order valence-electron chi connectivity index (χ2n) is 17.4. The molecule has 5 N–H and O–H groups in total. The quantitative estimate of drug-likeness (QED) is 0.0126. The Morgan fingerprint density at radius 3 is 1.50 bits per heavy atom. The van der Waals surface area contributed by atoms with Crippen LogP contribution in [0, 0.1) is 5.92 Å². The van der Waals surface area contributed by atoms with Crippen molar-refractivity contribution < 1.29 is 66.7 Å². The van der Waals surface area contributed by atoms with E-state index in [-0.39, 0.29) is 12.8 Å². The van der Waals surface area contributed by atoms with Gasteiger partial charge in [-0.2, -0.15) is 0 Å². The lowest BCUT2D eigenvalue weighted by Gasteiger charge is -2.20. The van der Waals surface area contributed by atoms with Crippen molar-refractivity contribution >= 4 is 27.6 Å². The fraction of sp³-hybridized carbons (Fsp3) is 0.760. The summed E-state index contributed by atoms with van der Waals surface area (Å²) >= 11 is 0. The van der Waals surface area contributed by atoms with Gasteiger partial charge in [0.05, 0.1) is 25.9 Å². The standard InChI is InChI=1S/C50H90O14P2/c1-4-46(51)38-34-30-26-22-18-14-11-12-15-19-23-27-31-35-39-49(53)60-43-48(44-63-66(58,59)62-42-47(52)41-61-65(55,56)57)64-50(54)40-36-32-28-24-20-16-10-8-6-5-7-9-13-17-21-25-29-33-37-45(2)3/h12,14-15,18,23,26-27,30,34,38,45-48,51-52H,4-11,13,16-17,19-22,24-25,28-29,31-33,35-37,39-44H2,1-3H3,(H,58,59)(H2,55,56,57)/b15-12-,18-14-,27-23-,30-26-,38-34+/t46-,47-,48+/m0/s1. The highest BCUT2D eigenvalue weighted by atomic mass is 31.2. The lowest BCUT2D eigenvalue weighted by molar-refractivity contribution is -0.161. The summed E-state index contributed by atoms with van der Waals surface area (Å²) in [6, 6.07) is 0. The van der Waals surface area contributed by atoms with Gasteiger partial charge in [0.2, 0.25) is 0 Å². The minimum atomic E-state index is -4.88. The first-order chi connectivity index (χ1) is 31.6. The van der Waals surface area contributed by atoms with E-state index < -0.39 is 72.3 Å². The highest BCUT2D eigenvalue weighted by molar-refractivity contribution is 7.47. The average Bonchev–Trinajstić information content (AvgIpc) is 3.27. The second-order valence-corrected chi connectivity index (χ2v) is 20.1. The summed E-state index contributed by atoms with van der Waals surface area (Å²) in [5.41, 5.74) is 0. The number of aliphatic hydroxyl groups excluding tert-OH is 2. The van der Waals surface area contributed by atoms with Gasteiger partial charge >= 0.3 is 27.6 Å². The summed E-state index contributed by atoms with van der Waals surface area (Å²) in [4.78, 5) is 52.9. The van der Waals surface area contributed by atoms with Crippen molar-refractivity contribution in [2.45, 2.75) is 212 Å². The monoisotopic (exact) mass is 977 g/mol. The van der Waals surface area contributed by atoms with Crippen LogP contribution in [0.3, 0.4) is 0 Å². The molecule has 1 unspecified atom stereocenters. The molecule has 0 spiro atoms. The van der Waals surface area contributed by atoms with Crippen LogP contribution < -0.4 is 0 Å². The normalized spacial score (nSPS) is 14.9. The van der Waals surface area contributed by atoms with Gasteiger partial charge in [-0.3, -0.25) is 23.2 Å². The predicted molar refractivity (Wildman–Crippen MR) is 263 cm³/mol. The third kappa shape index (κ3) is 48.2. The third-order valence-corrected chi connectivity index (χ3v) is 11.9. The molecular weight excluding hydrogens is 886 g/mol. The molecule has 0 amide bonds. The molecule has 0 aromatic rings. The molecule has 0 radical (unpaired) electrons. The van der Waals surface area contributed by atoms with Crippen molar-refractivity contribution in [2.24, 2.45) is 5.92 Å². The molecule has 0 aliphatic carbocycles. The molecular formula is C50H90O14P2. The molecule has 0 saturated carbocycles. The Bertz CT molecular complexity index is 1420. The predicted octanol–water partition coefficient (Wildman–Crippen LogP) is 12.4. The topological polar surface area (TPSA) is 216 Å². The van der Waals surface area contributed by atoms with Gasteiger partial charge in [0.25, 0.3) is 0 Å². The Morgan fingerprint density at radius 1 is 0.530 bits per heavy atom. The highest BCUT2D eigenvalue weighted by Crippen LogP contribution is 2.44. The number of rotatable bonds is 46. The van der Waals surface area contributed by atoms with Crippen LogP contribution in [-0.2, 0) is 41.8 Å². The second kappa shape index (κ2) is 44.0. The summed E-state index contributed by atoms with van der Waals surface area (Å²) in [7, 11) is -9.71. The van der Waals surface area contributed by atoms with E-state index in [4.69, 9.17) is 28.3 Å². The number of esters is 2. The van der Waals surface area contributed by atoms with Crippen LogP contribution >= 0.6 is 15.6 Å². The molecule has 384 valence electrons. The van der Waals surface area contributed by atoms with Crippen molar-refractivity contribution in [3.63, 3.8) is 0 Å². The van der Waals surface area contributed by atoms with Crippen molar-refractivity contribution in [2.75, 3.05) is 26.4 Å². The van der Waals surface area contributed by atoms with Gasteiger partial charge < -0.3 is 34.4 Å². The summed E-state index contributed by atoms with van der Waals surface area (Å²) < 4.78 is 47.9. The summed E-state index contributed by atoms with van der Waals surface area (Å²) in [6.07, 6.45) is 44.6. The Balaban J connectivity index is 4.49. The molecule has 0 aliphatic heterocycles. The van der Waals surface area contributed by atoms with E-state index >= 15 is 0 Å². The molecule has 0 fully saturated rings. The molecule has 0 aliphatic rings. The first-order valence-corrected chi connectivity index (χ1v) is 28.0. The smallest absolute Gasteiger partial charge is 0.462 e. The molecule has 16 heteroatoms. The number of unbranched alkanes of at least 4 members (excludes halogenated alkanes) is 18. The first kappa shape index (κ1) is 63.8. The van der Waals surface area contributed by atoms with Gasteiger partial charge in [-0.05, 0) is 50.9 Å². The third-order valence-electron chi connectivity index (χ3n) is 10.5. The van der Waals surface area contributed by atoms with E-state index in [1.165, 1.54) is 96.3 Å². The van der Waals surface area contributed by atoms with E-state index in [1.807, 2.05) is 37.3 Å². The minimum absolute atomic E-state index is 0.102. The van der Waals surface area contributed by atoms with Crippen molar-refractivity contribution in [3.8, 4) is 0 Å². The van der Waals surface area contributed by atoms with Crippen LogP contribution in [-0.4, -0.2) is 81.6 Å². The van der Waals surface area contributed by atoms with E-state index in [9.17, 15) is 33.8 Å². The zero-order valence-corrected chi connectivity index (χ0v) is 42.6. The zero-order valence-electron chi connectivity index (χ0n) is 40.8. The average molecular weight is 977 g/mol. The maximum Gasteiger partial charge on any atom is 0.472 e. The largest absolute Gasteiger partial charge is 0.472 e. The number of aliphatic hydroxyl groups is 2. The van der Waals surface area contributed by atoms with E-state index in [0.717, 1.165) is 44.4 Å². The van der Waals surface area contributed by atoms with Gasteiger partial charge in [0.15, 0.2) is 6.10 Å². The number of hydrogen-bond donors (Lipinski definition) is 5. The van der Waals surface area contributed by atoms with Crippen LogP contribution in [0.2, 0.25) is 0 Å². The zero-order chi connectivity index (χ0) is 49.0. The lowest BCUT2D eigenvalue weighted by Crippen LogP contribution is -2.30. The van der Waals surface area contributed by atoms with Crippen LogP contribution in [0.15, 0.2) is 60.8 Å². The van der Waals surface area contributed by atoms with Gasteiger partial charge in [-0.1, -0.05) is 197 Å². The molecule has 0 bridgehead atoms. The van der Waals surface area contributed by atoms with Crippen LogP contribution in [0.1, 0.15) is 194 Å². The Morgan fingerprint density at radius 2 is 0.985 bits per heavy atom. The molecule has 66 heavy (non-hydrogen) atoms. The molecule has 0 aromatic carbocycles. The van der Waals surface area contributed by atoms with Crippen molar-refractivity contribution in [3.05, 3.63) is 60.8 Å². The number of allylic oxidation sites excluding steroid dienone is 9. The van der Waals surface area contributed by atoms with Crippen LogP contribution in [0.4, 0.5) is 0 Å². The number of phosphoric acid groups is 2. The Labute approximate surface area is 398 Å². The maximum absolute atomic E-state index is 12.7. The van der Waals surface area contributed by atoms with Crippen molar-refractivity contribution in [1.29, 1.82) is 0 Å². The summed E-state index contributed by atoms with van der Waals surface area (Å²) in [5.74, 6) is -0.288. The van der Waals surface area contributed by atoms with Gasteiger partial charge in [0, 0.05) is 12.8 Å². The molecule has 14 nitrogen and oxygen atoms in total. The van der Waals surface area contributed by atoms with E-state index in [2.05, 4.69) is 42.7 Å². The number of carbonyl (C=O) groups excluding carboxylic acids is 2. The molecule has 4 atom stereocenters. The molecule has 0 saturated heterocycles. The van der Waals surface area contributed by atoms with Crippen LogP contribution in [0.5, 0.6) is 0 Å². The SMILES string of the molecule is CC[C@H](O)/C=C/C=C\C/C=C\C/C=C\C/C=C\CCCC(=O)OC[C@H](COP(=O)(O)OC[C@@H](O)COP(=O)(O)O)OC(=O)CCCCCCCCCCCCCCCCCCCCC(C)C. The maximum atomic E-state index is 12.7.